The van der Waals surface area contributed by atoms with Crippen LogP contribution in [0.2, 0.25) is 0 Å². The number of benzene rings is 1. The van der Waals surface area contributed by atoms with Crippen molar-refractivity contribution in [2.45, 2.75) is 52.7 Å². The van der Waals surface area contributed by atoms with Crippen molar-refractivity contribution in [2.24, 2.45) is 16.7 Å². The lowest BCUT2D eigenvalue weighted by Crippen LogP contribution is -2.47. The molecule has 0 radical (unpaired) electrons. The molecular formula is C22H29NO3. The molecule has 4 heteroatoms. The minimum absolute atomic E-state index is 0.00561. The highest BCUT2D eigenvalue weighted by Gasteiger charge is 2.67. The second kappa shape index (κ2) is 6.99. The van der Waals surface area contributed by atoms with Gasteiger partial charge in [0.15, 0.2) is 0 Å². The number of amides is 2. The lowest BCUT2D eigenvalue weighted by Gasteiger charge is -2.31. The Morgan fingerprint density at radius 2 is 2.04 bits per heavy atom. The lowest BCUT2D eigenvalue weighted by atomic mass is 9.70. The summed E-state index contributed by atoms with van der Waals surface area (Å²) in [6.45, 7) is 10.8. The summed E-state index contributed by atoms with van der Waals surface area (Å²) in [7, 11) is 0. The Labute approximate surface area is 156 Å². The first-order chi connectivity index (χ1) is 12.3. The van der Waals surface area contributed by atoms with E-state index in [1.165, 1.54) is 0 Å². The molecule has 2 aliphatic rings. The van der Waals surface area contributed by atoms with E-state index in [1.54, 1.807) is 11.0 Å². The number of carbonyl (C=O) groups is 2. The summed E-state index contributed by atoms with van der Waals surface area (Å²) < 4.78 is 5.80. The largest absolute Gasteiger partial charge is 0.376 e. The van der Waals surface area contributed by atoms with Gasteiger partial charge in [-0.3, -0.25) is 14.5 Å². The highest BCUT2D eigenvalue weighted by Crippen LogP contribution is 2.60. The van der Waals surface area contributed by atoms with E-state index in [-0.39, 0.29) is 29.2 Å². The Morgan fingerprint density at radius 3 is 2.62 bits per heavy atom. The molecule has 0 aromatic heterocycles. The molecule has 4 nitrogen and oxygen atoms in total. The zero-order valence-electron chi connectivity index (χ0n) is 16.0. The molecule has 0 unspecified atom stereocenters. The third-order valence-electron chi connectivity index (χ3n) is 6.64. The average molecular weight is 355 g/mol. The first-order valence-electron chi connectivity index (χ1n) is 9.43. The number of nitrogens with zero attached hydrogens (tertiary/aromatic N) is 1. The third-order valence-corrected chi connectivity index (χ3v) is 6.64. The maximum atomic E-state index is 13.2. The molecule has 0 spiro atoms. The number of likely N-dealkylation sites (tertiary alicyclic amines) is 1. The predicted molar refractivity (Wildman–Crippen MR) is 101 cm³/mol. The molecule has 3 atom stereocenters. The molecule has 1 saturated carbocycles. The Balaban J connectivity index is 1.69. The molecule has 2 amide bonds. The zero-order valence-corrected chi connectivity index (χ0v) is 16.0. The van der Waals surface area contributed by atoms with Crippen LogP contribution in [0.5, 0.6) is 0 Å². The van der Waals surface area contributed by atoms with Crippen LogP contribution in [0.4, 0.5) is 0 Å². The number of allylic oxidation sites excluding steroid dienone is 1. The maximum Gasteiger partial charge on any atom is 0.236 e. The Kier molecular flexibility index (Phi) is 5.07. The normalized spacial score (nSPS) is 27.6. The summed E-state index contributed by atoms with van der Waals surface area (Å²) in [6.07, 6.45) is 4.01. The van der Waals surface area contributed by atoms with E-state index in [0.29, 0.717) is 19.6 Å². The van der Waals surface area contributed by atoms with Crippen LogP contribution in [0.3, 0.4) is 0 Å². The zero-order chi connectivity index (χ0) is 18.9. The van der Waals surface area contributed by atoms with E-state index < -0.39 is 5.41 Å². The minimum Gasteiger partial charge on any atom is -0.376 e. The molecule has 26 heavy (non-hydrogen) atoms. The van der Waals surface area contributed by atoms with E-state index in [1.807, 2.05) is 37.3 Å². The second-order valence-electron chi connectivity index (χ2n) is 8.34. The first kappa shape index (κ1) is 18.8. The quantitative estimate of drug-likeness (QED) is 0.696. The molecule has 2 bridgehead atoms. The highest BCUT2D eigenvalue weighted by atomic mass is 16.5. The third kappa shape index (κ3) is 2.90. The average Bonchev–Trinajstić information content (AvgIpc) is 2.93. The Hall–Kier alpha value is -1.94. The fraction of sp³-hybridized carbons (Fsp3) is 0.545. The van der Waals surface area contributed by atoms with Crippen molar-refractivity contribution < 1.29 is 14.3 Å². The number of hydrogen-bond donors (Lipinski definition) is 0. The summed E-state index contributed by atoms with van der Waals surface area (Å²) in [5.74, 6) is -0.482. The van der Waals surface area contributed by atoms with Gasteiger partial charge in [0, 0.05) is 6.04 Å². The van der Waals surface area contributed by atoms with Gasteiger partial charge in [-0.15, -0.1) is 6.58 Å². The topological polar surface area (TPSA) is 46.6 Å². The van der Waals surface area contributed by atoms with Gasteiger partial charge in [0.25, 0.3) is 0 Å². The number of fused-ring (bicyclic) bond motifs is 2. The van der Waals surface area contributed by atoms with Gasteiger partial charge in [-0.05, 0) is 30.2 Å². The van der Waals surface area contributed by atoms with Crippen LogP contribution in [0.25, 0.3) is 0 Å². The Bertz CT molecular complexity index is 697. The predicted octanol–water partition coefficient (Wildman–Crippen LogP) is 3.96. The molecule has 0 N–H and O–H groups in total. The number of imide groups is 1. The highest BCUT2D eigenvalue weighted by molar-refractivity contribution is 6.02. The molecule has 1 aromatic rings. The minimum atomic E-state index is -0.434. The first-order valence-corrected chi connectivity index (χ1v) is 9.43. The molecule has 3 rings (SSSR count). The Morgan fingerprint density at radius 1 is 1.35 bits per heavy atom. The molecule has 1 aliphatic carbocycles. The molecule has 1 saturated heterocycles. The van der Waals surface area contributed by atoms with Gasteiger partial charge in [0.1, 0.15) is 0 Å². The van der Waals surface area contributed by atoms with Crippen LogP contribution < -0.4 is 0 Å². The fourth-order valence-electron chi connectivity index (χ4n) is 4.50. The summed E-state index contributed by atoms with van der Waals surface area (Å²) in [6, 6.07) is 9.88. The molecule has 1 heterocycles. The molecule has 2 fully saturated rings. The molecule has 1 aliphatic heterocycles. The van der Waals surface area contributed by atoms with Crippen LogP contribution >= 0.6 is 0 Å². The smallest absolute Gasteiger partial charge is 0.236 e. The van der Waals surface area contributed by atoms with Gasteiger partial charge in [0.05, 0.1) is 24.5 Å². The van der Waals surface area contributed by atoms with Crippen molar-refractivity contribution in [1.82, 2.24) is 4.90 Å². The van der Waals surface area contributed by atoms with Gasteiger partial charge in [-0.1, -0.05) is 57.2 Å². The monoisotopic (exact) mass is 355 g/mol. The molecule has 140 valence electrons. The van der Waals surface area contributed by atoms with Crippen molar-refractivity contribution in [2.75, 3.05) is 6.61 Å². The van der Waals surface area contributed by atoms with Crippen molar-refractivity contribution >= 4 is 11.8 Å². The standard InChI is InChI=1S/C22H29NO3/c1-5-9-17(15-26-14-16-10-7-6-8-11-16)19(24)23-18-12-13-22(4,20(23)25)21(18,2)3/h5-8,10-11,17-18H,1,9,12-15H2,2-4H3/t17-,18-,22-/m1/s1. The van der Waals surface area contributed by atoms with Crippen molar-refractivity contribution in [3.05, 3.63) is 48.6 Å². The van der Waals surface area contributed by atoms with E-state index >= 15 is 0 Å². The number of ether oxygens (including phenoxy) is 1. The SMILES string of the molecule is C=CC[C@H](COCc1ccccc1)C(=O)N1C(=O)[C@@]2(C)CC[C@@H]1C2(C)C. The van der Waals surface area contributed by atoms with Gasteiger partial charge in [-0.25, -0.2) is 0 Å². The summed E-state index contributed by atoms with van der Waals surface area (Å²) in [4.78, 5) is 27.7. The number of hydrogen-bond acceptors (Lipinski definition) is 3. The van der Waals surface area contributed by atoms with Gasteiger partial charge < -0.3 is 4.74 Å². The summed E-state index contributed by atoms with van der Waals surface area (Å²) in [5, 5.41) is 0. The summed E-state index contributed by atoms with van der Waals surface area (Å²) >= 11 is 0. The van der Waals surface area contributed by atoms with Crippen LogP contribution in [0, 0.1) is 16.7 Å². The number of carbonyl (C=O) groups excluding carboxylic acids is 2. The number of piperidine rings is 1. The molecule has 1 aromatic carbocycles. The van der Waals surface area contributed by atoms with Gasteiger partial charge >= 0.3 is 0 Å². The van der Waals surface area contributed by atoms with Crippen molar-refractivity contribution in [1.29, 1.82) is 0 Å². The molecular weight excluding hydrogens is 326 g/mol. The second-order valence-corrected chi connectivity index (χ2v) is 8.34. The van der Waals surface area contributed by atoms with Crippen molar-refractivity contribution in [3.63, 3.8) is 0 Å². The van der Waals surface area contributed by atoms with Crippen molar-refractivity contribution in [3.8, 4) is 0 Å². The van der Waals surface area contributed by atoms with Crippen LogP contribution in [-0.4, -0.2) is 29.4 Å². The van der Waals surface area contributed by atoms with Crippen LogP contribution in [0.15, 0.2) is 43.0 Å². The maximum absolute atomic E-state index is 13.2. The van der Waals surface area contributed by atoms with E-state index in [4.69, 9.17) is 4.74 Å². The fourth-order valence-corrected chi connectivity index (χ4v) is 4.50. The van der Waals surface area contributed by atoms with Crippen LogP contribution in [-0.2, 0) is 20.9 Å². The van der Waals surface area contributed by atoms with E-state index in [9.17, 15) is 9.59 Å². The van der Waals surface area contributed by atoms with Gasteiger partial charge in [0.2, 0.25) is 11.8 Å². The summed E-state index contributed by atoms with van der Waals surface area (Å²) in [5.41, 5.74) is 0.461. The van der Waals surface area contributed by atoms with E-state index in [2.05, 4.69) is 20.4 Å². The van der Waals surface area contributed by atoms with Gasteiger partial charge in [-0.2, -0.15) is 0 Å². The number of rotatable bonds is 7. The van der Waals surface area contributed by atoms with E-state index in [0.717, 1.165) is 18.4 Å². The van der Waals surface area contributed by atoms with Crippen LogP contribution in [0.1, 0.15) is 45.6 Å². The lowest BCUT2D eigenvalue weighted by molar-refractivity contribution is -0.153.